The van der Waals surface area contributed by atoms with Gasteiger partial charge in [0, 0.05) is 25.2 Å². The lowest BCUT2D eigenvalue weighted by molar-refractivity contribution is -0.127. The molecule has 1 heterocycles. The highest BCUT2D eigenvalue weighted by atomic mass is 16.5. The predicted octanol–water partition coefficient (Wildman–Crippen LogP) is 2.77. The maximum atomic E-state index is 12.5. The summed E-state index contributed by atoms with van der Waals surface area (Å²) >= 11 is 0. The Labute approximate surface area is 139 Å². The summed E-state index contributed by atoms with van der Waals surface area (Å²) in [5.74, 6) is 1.38. The van der Waals surface area contributed by atoms with Gasteiger partial charge in [-0.1, -0.05) is 23.8 Å². The molecule has 0 aliphatic carbocycles. The normalized spacial score (nSPS) is 20.3. The van der Waals surface area contributed by atoms with E-state index in [2.05, 4.69) is 0 Å². The molecule has 1 saturated heterocycles. The highest BCUT2D eigenvalue weighted by molar-refractivity contribution is 5.88. The first kappa shape index (κ1) is 17.5. The summed E-state index contributed by atoms with van der Waals surface area (Å²) in [6.45, 7) is 5.63. The minimum Gasteiger partial charge on any atom is -0.496 e. The van der Waals surface area contributed by atoms with Crippen molar-refractivity contribution in [3.8, 4) is 5.75 Å². The Hall–Kier alpha value is -1.81. The minimum absolute atomic E-state index is 0.0998. The van der Waals surface area contributed by atoms with Crippen molar-refractivity contribution >= 4 is 5.91 Å². The van der Waals surface area contributed by atoms with Crippen molar-refractivity contribution in [3.05, 3.63) is 41.5 Å². The summed E-state index contributed by atoms with van der Waals surface area (Å²) in [7, 11) is 1.67. The number of amides is 1. The average molecular weight is 316 g/mol. The van der Waals surface area contributed by atoms with Crippen LogP contribution in [0.2, 0.25) is 0 Å². The first-order valence-corrected chi connectivity index (χ1v) is 8.34. The van der Waals surface area contributed by atoms with Crippen molar-refractivity contribution in [1.82, 2.24) is 4.90 Å². The number of likely N-dealkylation sites (tertiary alicyclic amines) is 1. The molecule has 1 aliphatic rings. The fourth-order valence-corrected chi connectivity index (χ4v) is 3.14. The van der Waals surface area contributed by atoms with E-state index in [1.165, 1.54) is 0 Å². The molecule has 0 spiro atoms. The zero-order chi connectivity index (χ0) is 16.8. The Morgan fingerprint density at radius 3 is 2.91 bits per heavy atom. The molecule has 2 N–H and O–H groups in total. The van der Waals surface area contributed by atoms with E-state index in [4.69, 9.17) is 10.5 Å². The molecular formula is C19H28N2O2. The van der Waals surface area contributed by atoms with Gasteiger partial charge in [-0.05, 0) is 50.7 Å². The molecule has 0 aromatic heterocycles. The van der Waals surface area contributed by atoms with Gasteiger partial charge < -0.3 is 15.4 Å². The molecule has 4 heteroatoms. The first-order valence-electron chi connectivity index (χ1n) is 8.34. The summed E-state index contributed by atoms with van der Waals surface area (Å²) in [6.07, 6.45) is 4.64. The zero-order valence-corrected chi connectivity index (χ0v) is 14.4. The maximum Gasteiger partial charge on any atom is 0.246 e. The monoisotopic (exact) mass is 316 g/mol. The Morgan fingerprint density at radius 2 is 2.22 bits per heavy atom. The SMILES string of the molecule is COc1ccccc1CC(C)=CC(=O)N1CCCC(C(C)N)C1. The van der Waals surface area contributed by atoms with Crippen LogP contribution < -0.4 is 10.5 Å². The molecule has 1 fully saturated rings. The molecule has 1 aromatic carbocycles. The summed E-state index contributed by atoms with van der Waals surface area (Å²) in [4.78, 5) is 14.4. The van der Waals surface area contributed by atoms with Gasteiger partial charge in [-0.25, -0.2) is 0 Å². The number of rotatable bonds is 5. The number of para-hydroxylation sites is 1. The maximum absolute atomic E-state index is 12.5. The van der Waals surface area contributed by atoms with E-state index in [1.54, 1.807) is 13.2 Å². The number of hydrogen-bond acceptors (Lipinski definition) is 3. The second-order valence-electron chi connectivity index (χ2n) is 6.52. The van der Waals surface area contributed by atoms with Crippen molar-refractivity contribution in [2.45, 2.75) is 39.2 Å². The molecule has 4 nitrogen and oxygen atoms in total. The molecule has 1 amide bonds. The molecule has 23 heavy (non-hydrogen) atoms. The van der Waals surface area contributed by atoms with Crippen LogP contribution in [0.4, 0.5) is 0 Å². The van der Waals surface area contributed by atoms with E-state index >= 15 is 0 Å². The molecule has 2 rings (SSSR count). The van der Waals surface area contributed by atoms with E-state index in [0.29, 0.717) is 5.92 Å². The number of nitrogens with two attached hydrogens (primary N) is 1. The quantitative estimate of drug-likeness (QED) is 0.850. The Morgan fingerprint density at radius 1 is 1.48 bits per heavy atom. The van der Waals surface area contributed by atoms with E-state index in [1.807, 2.05) is 43.0 Å². The molecule has 126 valence electrons. The number of methoxy groups -OCH3 is 1. The van der Waals surface area contributed by atoms with Gasteiger partial charge in [0.15, 0.2) is 0 Å². The van der Waals surface area contributed by atoms with Crippen LogP contribution in [0.3, 0.4) is 0 Å². The Kier molecular flexibility index (Phi) is 6.22. The van der Waals surface area contributed by atoms with Crippen LogP contribution >= 0.6 is 0 Å². The summed E-state index contributed by atoms with van der Waals surface area (Å²) in [6, 6.07) is 8.07. The number of hydrogen-bond donors (Lipinski definition) is 1. The third kappa shape index (κ3) is 4.83. The summed E-state index contributed by atoms with van der Waals surface area (Å²) < 4.78 is 5.37. The molecule has 0 bridgehead atoms. The lowest BCUT2D eigenvalue weighted by Crippen LogP contribution is -2.44. The second kappa shape index (κ2) is 8.16. The van der Waals surface area contributed by atoms with E-state index < -0.39 is 0 Å². The lowest BCUT2D eigenvalue weighted by atomic mass is 9.92. The number of piperidine rings is 1. The van der Waals surface area contributed by atoms with Gasteiger partial charge in [0.05, 0.1) is 7.11 Å². The highest BCUT2D eigenvalue weighted by Crippen LogP contribution is 2.22. The Bertz CT molecular complexity index is 566. The fraction of sp³-hybridized carbons (Fsp3) is 0.526. The van der Waals surface area contributed by atoms with Gasteiger partial charge in [0.2, 0.25) is 5.91 Å². The van der Waals surface area contributed by atoms with Gasteiger partial charge in [0.25, 0.3) is 0 Å². The molecular weight excluding hydrogens is 288 g/mol. The number of benzene rings is 1. The van der Waals surface area contributed by atoms with Crippen LogP contribution in [0.15, 0.2) is 35.9 Å². The van der Waals surface area contributed by atoms with E-state index in [9.17, 15) is 4.79 Å². The number of nitrogens with zero attached hydrogens (tertiary/aromatic N) is 1. The van der Waals surface area contributed by atoms with Crippen LogP contribution in [0.5, 0.6) is 5.75 Å². The molecule has 2 atom stereocenters. The molecule has 1 aromatic rings. The Balaban J connectivity index is 2.01. The third-order valence-corrected chi connectivity index (χ3v) is 4.54. The minimum atomic E-state index is 0.0998. The van der Waals surface area contributed by atoms with Gasteiger partial charge in [-0.3, -0.25) is 4.79 Å². The van der Waals surface area contributed by atoms with Crippen molar-refractivity contribution in [1.29, 1.82) is 0 Å². The van der Waals surface area contributed by atoms with Crippen LogP contribution in [-0.4, -0.2) is 37.0 Å². The topological polar surface area (TPSA) is 55.6 Å². The van der Waals surface area contributed by atoms with Crippen LogP contribution in [-0.2, 0) is 11.2 Å². The molecule has 0 saturated carbocycles. The largest absolute Gasteiger partial charge is 0.496 e. The van der Waals surface area contributed by atoms with Crippen molar-refractivity contribution in [2.75, 3.05) is 20.2 Å². The number of carbonyl (C=O) groups excluding carboxylic acids is 1. The van der Waals surface area contributed by atoms with Crippen molar-refractivity contribution in [2.24, 2.45) is 11.7 Å². The third-order valence-electron chi connectivity index (χ3n) is 4.54. The van der Waals surface area contributed by atoms with Gasteiger partial charge in [-0.15, -0.1) is 0 Å². The second-order valence-corrected chi connectivity index (χ2v) is 6.52. The van der Waals surface area contributed by atoms with Crippen LogP contribution in [0.1, 0.15) is 32.3 Å². The van der Waals surface area contributed by atoms with Crippen LogP contribution in [0, 0.1) is 5.92 Å². The summed E-state index contributed by atoms with van der Waals surface area (Å²) in [5.41, 5.74) is 8.14. The highest BCUT2D eigenvalue weighted by Gasteiger charge is 2.24. The number of ether oxygens (including phenoxy) is 1. The molecule has 1 aliphatic heterocycles. The molecule has 2 unspecified atom stereocenters. The van der Waals surface area contributed by atoms with Gasteiger partial charge in [0.1, 0.15) is 5.75 Å². The lowest BCUT2D eigenvalue weighted by Gasteiger charge is -2.34. The standard InChI is InChI=1S/C19H28N2O2/c1-14(11-16-7-4-5-9-18(16)23-3)12-19(22)21-10-6-8-17(13-21)15(2)20/h4-5,7,9,12,15,17H,6,8,10-11,13,20H2,1-3H3. The molecule has 0 radical (unpaired) electrons. The smallest absolute Gasteiger partial charge is 0.246 e. The zero-order valence-electron chi connectivity index (χ0n) is 14.4. The average Bonchev–Trinajstić information content (AvgIpc) is 2.55. The van der Waals surface area contributed by atoms with Gasteiger partial charge in [-0.2, -0.15) is 0 Å². The van der Waals surface area contributed by atoms with Crippen molar-refractivity contribution in [3.63, 3.8) is 0 Å². The van der Waals surface area contributed by atoms with Crippen LogP contribution in [0.25, 0.3) is 0 Å². The van der Waals surface area contributed by atoms with Crippen molar-refractivity contribution < 1.29 is 9.53 Å². The number of carbonyl (C=O) groups is 1. The number of allylic oxidation sites excluding steroid dienone is 1. The van der Waals surface area contributed by atoms with Gasteiger partial charge >= 0.3 is 0 Å². The van der Waals surface area contributed by atoms with E-state index in [0.717, 1.165) is 49.2 Å². The predicted molar refractivity (Wildman–Crippen MR) is 93.4 cm³/mol. The summed E-state index contributed by atoms with van der Waals surface area (Å²) in [5, 5.41) is 0. The fourth-order valence-electron chi connectivity index (χ4n) is 3.14. The van der Waals surface area contributed by atoms with E-state index in [-0.39, 0.29) is 11.9 Å². The first-order chi connectivity index (χ1) is 11.0.